The van der Waals surface area contributed by atoms with Crippen molar-refractivity contribution < 1.29 is 14.4 Å². The number of anilines is 1. The van der Waals surface area contributed by atoms with Crippen LogP contribution in [-0.2, 0) is 14.4 Å². The second kappa shape index (κ2) is 7.00. The SMILES string of the molecule is NC(=O)CONCC(=O)Nc1cccc(Br)c1. The van der Waals surface area contributed by atoms with Crippen LogP contribution >= 0.6 is 15.9 Å². The van der Waals surface area contributed by atoms with Gasteiger partial charge in [-0.25, -0.2) is 0 Å². The number of nitrogens with one attached hydrogen (secondary N) is 2. The molecule has 92 valence electrons. The van der Waals surface area contributed by atoms with Crippen LogP contribution < -0.4 is 16.5 Å². The summed E-state index contributed by atoms with van der Waals surface area (Å²) in [6, 6.07) is 7.18. The summed E-state index contributed by atoms with van der Waals surface area (Å²) in [5, 5.41) is 2.64. The molecule has 0 spiro atoms. The van der Waals surface area contributed by atoms with Gasteiger partial charge < -0.3 is 11.1 Å². The fraction of sp³-hybridized carbons (Fsp3) is 0.200. The van der Waals surface area contributed by atoms with Crippen molar-refractivity contribution >= 4 is 33.4 Å². The normalized spacial score (nSPS) is 9.94. The monoisotopic (exact) mass is 301 g/mol. The quantitative estimate of drug-likeness (QED) is 0.523. The number of carbonyl (C=O) groups excluding carboxylic acids is 2. The molecule has 6 nitrogen and oxygen atoms in total. The highest BCUT2D eigenvalue weighted by atomic mass is 79.9. The van der Waals surface area contributed by atoms with E-state index in [1.54, 1.807) is 18.2 Å². The first-order valence-electron chi connectivity index (χ1n) is 4.76. The number of hydrogen-bond acceptors (Lipinski definition) is 4. The lowest BCUT2D eigenvalue weighted by atomic mass is 10.3. The second-order valence-electron chi connectivity index (χ2n) is 3.13. The average Bonchev–Trinajstić information content (AvgIpc) is 2.24. The highest BCUT2D eigenvalue weighted by Crippen LogP contribution is 2.15. The predicted molar refractivity (Wildman–Crippen MR) is 65.9 cm³/mol. The Bertz CT molecular complexity index is 412. The van der Waals surface area contributed by atoms with Gasteiger partial charge in [-0.1, -0.05) is 22.0 Å². The molecule has 0 saturated heterocycles. The van der Waals surface area contributed by atoms with Gasteiger partial charge in [-0.2, -0.15) is 5.48 Å². The molecule has 2 amide bonds. The van der Waals surface area contributed by atoms with Crippen LogP contribution in [0, 0.1) is 0 Å². The topological polar surface area (TPSA) is 93.5 Å². The van der Waals surface area contributed by atoms with Gasteiger partial charge in [0.05, 0.1) is 0 Å². The standard InChI is InChI=1S/C10H12BrN3O3/c11-7-2-1-3-8(4-7)14-10(16)5-13-17-6-9(12)15/h1-4,13H,5-6H2,(H2,12,15)(H,14,16). The zero-order valence-corrected chi connectivity index (χ0v) is 10.5. The van der Waals surface area contributed by atoms with Crippen molar-refractivity contribution in [2.45, 2.75) is 0 Å². The van der Waals surface area contributed by atoms with E-state index in [9.17, 15) is 9.59 Å². The summed E-state index contributed by atoms with van der Waals surface area (Å²) in [6.45, 7) is -0.343. The van der Waals surface area contributed by atoms with Gasteiger partial charge in [0, 0.05) is 10.2 Å². The van der Waals surface area contributed by atoms with E-state index in [-0.39, 0.29) is 19.1 Å². The molecule has 0 atom stereocenters. The fourth-order valence-corrected chi connectivity index (χ4v) is 1.41. The van der Waals surface area contributed by atoms with Gasteiger partial charge in [0.2, 0.25) is 11.8 Å². The molecular weight excluding hydrogens is 290 g/mol. The van der Waals surface area contributed by atoms with Crippen molar-refractivity contribution in [2.24, 2.45) is 5.73 Å². The lowest BCUT2D eigenvalue weighted by Gasteiger charge is -2.06. The van der Waals surface area contributed by atoms with E-state index in [0.29, 0.717) is 5.69 Å². The Balaban J connectivity index is 2.27. The Morgan fingerprint density at radius 1 is 1.41 bits per heavy atom. The molecule has 1 aromatic rings. The highest BCUT2D eigenvalue weighted by Gasteiger charge is 2.02. The van der Waals surface area contributed by atoms with Gasteiger partial charge in [-0.15, -0.1) is 0 Å². The summed E-state index contributed by atoms with van der Waals surface area (Å²) < 4.78 is 0.869. The van der Waals surface area contributed by atoms with Crippen LogP contribution in [-0.4, -0.2) is 25.0 Å². The van der Waals surface area contributed by atoms with E-state index in [1.165, 1.54) is 0 Å². The van der Waals surface area contributed by atoms with E-state index in [1.807, 2.05) is 6.07 Å². The van der Waals surface area contributed by atoms with Crippen LogP contribution in [0.2, 0.25) is 0 Å². The van der Waals surface area contributed by atoms with Gasteiger partial charge in [-0.05, 0) is 18.2 Å². The number of rotatable bonds is 6. The van der Waals surface area contributed by atoms with Gasteiger partial charge >= 0.3 is 0 Å². The van der Waals surface area contributed by atoms with Crippen molar-refractivity contribution in [3.05, 3.63) is 28.7 Å². The molecule has 0 aromatic heterocycles. The van der Waals surface area contributed by atoms with Crippen LogP contribution in [0.4, 0.5) is 5.69 Å². The molecule has 0 aliphatic heterocycles. The summed E-state index contributed by atoms with van der Waals surface area (Å²) in [6.07, 6.45) is 0. The van der Waals surface area contributed by atoms with Crippen LogP contribution in [0.25, 0.3) is 0 Å². The first-order valence-corrected chi connectivity index (χ1v) is 5.55. The van der Waals surface area contributed by atoms with E-state index in [0.717, 1.165) is 4.47 Å². The fourth-order valence-electron chi connectivity index (χ4n) is 1.01. The Hall–Kier alpha value is -1.44. The zero-order valence-electron chi connectivity index (χ0n) is 8.90. The smallest absolute Gasteiger partial charge is 0.245 e. The lowest BCUT2D eigenvalue weighted by Crippen LogP contribution is -2.31. The van der Waals surface area contributed by atoms with Crippen molar-refractivity contribution in [3.8, 4) is 0 Å². The van der Waals surface area contributed by atoms with Crippen molar-refractivity contribution in [2.75, 3.05) is 18.5 Å². The number of halogens is 1. The molecular formula is C10H12BrN3O3. The minimum Gasteiger partial charge on any atom is -0.368 e. The summed E-state index contributed by atoms with van der Waals surface area (Å²) in [7, 11) is 0. The maximum Gasteiger partial charge on any atom is 0.245 e. The van der Waals surface area contributed by atoms with E-state index < -0.39 is 5.91 Å². The molecule has 0 saturated carbocycles. The molecule has 0 aliphatic rings. The van der Waals surface area contributed by atoms with E-state index in [4.69, 9.17) is 5.73 Å². The first-order chi connectivity index (χ1) is 8.08. The third-order valence-electron chi connectivity index (χ3n) is 1.66. The maximum atomic E-state index is 11.4. The second-order valence-corrected chi connectivity index (χ2v) is 4.05. The first kappa shape index (κ1) is 13.6. The molecule has 0 fully saturated rings. The maximum absolute atomic E-state index is 11.4. The van der Waals surface area contributed by atoms with Gasteiger partial charge in [-0.3, -0.25) is 14.4 Å². The van der Waals surface area contributed by atoms with Crippen molar-refractivity contribution in [1.29, 1.82) is 0 Å². The third-order valence-corrected chi connectivity index (χ3v) is 2.15. The van der Waals surface area contributed by atoms with Crippen molar-refractivity contribution in [3.63, 3.8) is 0 Å². The van der Waals surface area contributed by atoms with Gasteiger partial charge in [0.15, 0.2) is 0 Å². The van der Waals surface area contributed by atoms with Crippen LogP contribution in [0.1, 0.15) is 0 Å². The molecule has 1 rings (SSSR count). The molecule has 7 heteroatoms. The lowest BCUT2D eigenvalue weighted by molar-refractivity contribution is -0.127. The number of nitrogens with two attached hydrogens (primary N) is 1. The molecule has 1 aromatic carbocycles. The number of primary amides is 1. The third kappa shape index (κ3) is 6.00. The Kier molecular flexibility index (Phi) is 5.61. The molecule has 17 heavy (non-hydrogen) atoms. The van der Waals surface area contributed by atoms with Gasteiger partial charge in [0.25, 0.3) is 0 Å². The average molecular weight is 302 g/mol. The minimum absolute atomic E-state index is 0.0696. The largest absolute Gasteiger partial charge is 0.368 e. The van der Waals surface area contributed by atoms with E-state index in [2.05, 4.69) is 31.6 Å². The summed E-state index contributed by atoms with van der Waals surface area (Å²) in [5.41, 5.74) is 7.83. The predicted octanol–water partition coefficient (Wildman–Crippen LogP) is 0.394. The summed E-state index contributed by atoms with van der Waals surface area (Å²) in [4.78, 5) is 26.3. The molecule has 0 aliphatic carbocycles. The van der Waals surface area contributed by atoms with Crippen LogP contribution in [0.15, 0.2) is 28.7 Å². The number of hydroxylamine groups is 1. The molecule has 0 bridgehead atoms. The zero-order chi connectivity index (χ0) is 12.7. The van der Waals surface area contributed by atoms with Gasteiger partial charge in [0.1, 0.15) is 13.2 Å². The summed E-state index contributed by atoms with van der Waals surface area (Å²) >= 11 is 3.29. The molecule has 0 unspecified atom stereocenters. The van der Waals surface area contributed by atoms with Crippen LogP contribution in [0.5, 0.6) is 0 Å². The molecule has 0 radical (unpaired) electrons. The van der Waals surface area contributed by atoms with Crippen LogP contribution in [0.3, 0.4) is 0 Å². The van der Waals surface area contributed by atoms with Crippen molar-refractivity contribution in [1.82, 2.24) is 5.48 Å². The number of benzene rings is 1. The number of carbonyl (C=O) groups is 2. The molecule has 0 heterocycles. The highest BCUT2D eigenvalue weighted by molar-refractivity contribution is 9.10. The summed E-state index contributed by atoms with van der Waals surface area (Å²) in [5.74, 6) is -0.891. The number of hydrogen-bond donors (Lipinski definition) is 3. The Morgan fingerprint density at radius 2 is 2.18 bits per heavy atom. The molecule has 4 N–H and O–H groups in total. The Labute approximate surface area is 107 Å². The minimum atomic E-state index is -0.607. The number of amides is 2. The van der Waals surface area contributed by atoms with E-state index >= 15 is 0 Å². The Morgan fingerprint density at radius 3 is 2.82 bits per heavy atom.